The van der Waals surface area contributed by atoms with Gasteiger partial charge in [-0.3, -0.25) is 0 Å². The first-order valence-corrected chi connectivity index (χ1v) is 4.22. The maximum Gasteiger partial charge on any atom is 0.222 e. The summed E-state index contributed by atoms with van der Waals surface area (Å²) in [6.07, 6.45) is 5.18. The zero-order valence-electron chi connectivity index (χ0n) is 7.73. The third kappa shape index (κ3) is 2.03. The van der Waals surface area contributed by atoms with Crippen LogP contribution in [0, 0.1) is 6.92 Å². The SMILES string of the molecule is Cc1cnc(NCc2cn[nH]n2)nc1. The van der Waals surface area contributed by atoms with Crippen LogP contribution in [0.2, 0.25) is 0 Å². The molecule has 6 heteroatoms. The highest BCUT2D eigenvalue weighted by Crippen LogP contribution is 2.00. The molecule has 0 aromatic carbocycles. The smallest absolute Gasteiger partial charge is 0.222 e. The van der Waals surface area contributed by atoms with Gasteiger partial charge >= 0.3 is 0 Å². The van der Waals surface area contributed by atoms with Crippen molar-refractivity contribution in [2.75, 3.05) is 5.32 Å². The van der Waals surface area contributed by atoms with Gasteiger partial charge in [0.1, 0.15) is 5.69 Å². The van der Waals surface area contributed by atoms with Crippen molar-refractivity contribution < 1.29 is 0 Å². The van der Waals surface area contributed by atoms with Gasteiger partial charge < -0.3 is 5.32 Å². The van der Waals surface area contributed by atoms with Gasteiger partial charge in [-0.2, -0.15) is 15.4 Å². The maximum atomic E-state index is 4.10. The van der Waals surface area contributed by atoms with Crippen LogP contribution < -0.4 is 5.32 Å². The second-order valence-corrected chi connectivity index (χ2v) is 2.90. The Balaban J connectivity index is 1.95. The van der Waals surface area contributed by atoms with Crippen molar-refractivity contribution in [2.24, 2.45) is 0 Å². The number of anilines is 1. The summed E-state index contributed by atoms with van der Waals surface area (Å²) in [5, 5.41) is 13.2. The average Bonchev–Trinajstić information content (AvgIpc) is 2.70. The van der Waals surface area contributed by atoms with Crippen LogP contribution in [-0.2, 0) is 6.54 Å². The molecule has 0 radical (unpaired) electrons. The van der Waals surface area contributed by atoms with Crippen LogP contribution >= 0.6 is 0 Å². The van der Waals surface area contributed by atoms with Crippen LogP contribution in [0.25, 0.3) is 0 Å². The molecule has 0 saturated carbocycles. The molecule has 0 fully saturated rings. The van der Waals surface area contributed by atoms with Gasteiger partial charge in [0.25, 0.3) is 0 Å². The van der Waals surface area contributed by atoms with Gasteiger partial charge in [-0.25, -0.2) is 9.97 Å². The molecule has 2 aromatic heterocycles. The van der Waals surface area contributed by atoms with E-state index in [4.69, 9.17) is 0 Å². The third-order valence-electron chi connectivity index (χ3n) is 1.67. The molecule has 0 aliphatic heterocycles. The molecule has 2 N–H and O–H groups in total. The molecule has 0 amide bonds. The monoisotopic (exact) mass is 190 g/mol. The Morgan fingerprint density at radius 1 is 1.29 bits per heavy atom. The fourth-order valence-corrected chi connectivity index (χ4v) is 0.964. The Morgan fingerprint density at radius 3 is 2.71 bits per heavy atom. The van der Waals surface area contributed by atoms with E-state index >= 15 is 0 Å². The van der Waals surface area contributed by atoms with Crippen molar-refractivity contribution in [1.29, 1.82) is 0 Å². The van der Waals surface area contributed by atoms with Crippen molar-refractivity contribution in [3.8, 4) is 0 Å². The van der Waals surface area contributed by atoms with Crippen LogP contribution in [0.3, 0.4) is 0 Å². The second-order valence-electron chi connectivity index (χ2n) is 2.90. The van der Waals surface area contributed by atoms with Crippen molar-refractivity contribution in [1.82, 2.24) is 25.4 Å². The highest BCUT2D eigenvalue weighted by Gasteiger charge is 1.97. The summed E-state index contributed by atoms with van der Waals surface area (Å²) in [6.45, 7) is 2.51. The fourth-order valence-electron chi connectivity index (χ4n) is 0.964. The number of aryl methyl sites for hydroxylation is 1. The van der Waals surface area contributed by atoms with Gasteiger partial charge in [0.05, 0.1) is 12.7 Å². The number of H-pyrrole nitrogens is 1. The molecule has 0 saturated heterocycles. The molecular formula is C8H10N6. The summed E-state index contributed by atoms with van der Waals surface area (Å²) in [7, 11) is 0. The van der Waals surface area contributed by atoms with Gasteiger partial charge in [0.2, 0.25) is 5.95 Å². The summed E-state index contributed by atoms with van der Waals surface area (Å²) in [5.74, 6) is 0.596. The first kappa shape index (κ1) is 8.61. The minimum Gasteiger partial charge on any atom is -0.348 e. The van der Waals surface area contributed by atoms with E-state index in [2.05, 4.69) is 30.7 Å². The van der Waals surface area contributed by atoms with E-state index in [-0.39, 0.29) is 0 Å². The summed E-state index contributed by atoms with van der Waals surface area (Å²) in [5.41, 5.74) is 1.87. The molecule has 0 aliphatic rings. The molecule has 0 spiro atoms. The molecule has 0 bridgehead atoms. The lowest BCUT2D eigenvalue weighted by Crippen LogP contribution is -2.03. The molecule has 14 heavy (non-hydrogen) atoms. The average molecular weight is 190 g/mol. The van der Waals surface area contributed by atoms with Crippen LogP contribution in [-0.4, -0.2) is 25.4 Å². The summed E-state index contributed by atoms with van der Waals surface area (Å²) >= 11 is 0. The van der Waals surface area contributed by atoms with Crippen molar-refractivity contribution in [2.45, 2.75) is 13.5 Å². The van der Waals surface area contributed by atoms with E-state index in [1.165, 1.54) is 0 Å². The van der Waals surface area contributed by atoms with Gasteiger partial charge in [-0.15, -0.1) is 0 Å². The topological polar surface area (TPSA) is 79.4 Å². The first-order valence-electron chi connectivity index (χ1n) is 4.22. The molecule has 2 rings (SSSR count). The Kier molecular flexibility index (Phi) is 2.35. The van der Waals surface area contributed by atoms with Crippen molar-refractivity contribution in [3.63, 3.8) is 0 Å². The number of nitrogens with one attached hydrogen (secondary N) is 2. The number of aromatic amines is 1. The lowest BCUT2D eigenvalue weighted by Gasteiger charge is -2.00. The largest absolute Gasteiger partial charge is 0.348 e. The molecular weight excluding hydrogens is 180 g/mol. The van der Waals surface area contributed by atoms with E-state index < -0.39 is 0 Å². The van der Waals surface area contributed by atoms with Gasteiger partial charge in [-0.1, -0.05) is 0 Å². The molecule has 72 valence electrons. The second kappa shape index (κ2) is 3.82. The fraction of sp³-hybridized carbons (Fsp3) is 0.250. The van der Waals surface area contributed by atoms with E-state index in [0.29, 0.717) is 12.5 Å². The lowest BCUT2D eigenvalue weighted by atomic mass is 10.4. The van der Waals surface area contributed by atoms with E-state index in [1.807, 2.05) is 6.92 Å². The molecule has 6 nitrogen and oxygen atoms in total. The Morgan fingerprint density at radius 2 is 2.07 bits per heavy atom. The zero-order valence-corrected chi connectivity index (χ0v) is 7.73. The number of aromatic nitrogens is 5. The van der Waals surface area contributed by atoms with E-state index in [9.17, 15) is 0 Å². The number of hydrogen-bond donors (Lipinski definition) is 2. The van der Waals surface area contributed by atoms with Crippen LogP contribution in [0.4, 0.5) is 5.95 Å². The highest BCUT2D eigenvalue weighted by molar-refractivity contribution is 5.24. The first-order chi connectivity index (χ1) is 6.84. The summed E-state index contributed by atoms with van der Waals surface area (Å²) < 4.78 is 0. The predicted octanol–water partition coefficient (Wildman–Crippen LogP) is 0.515. The zero-order chi connectivity index (χ0) is 9.80. The Labute approximate surface area is 80.8 Å². The molecule has 0 unspecified atom stereocenters. The van der Waals surface area contributed by atoms with E-state index in [1.54, 1.807) is 18.6 Å². The minimum absolute atomic E-state index is 0.569. The molecule has 2 aromatic rings. The van der Waals surface area contributed by atoms with E-state index in [0.717, 1.165) is 11.3 Å². The van der Waals surface area contributed by atoms with Crippen LogP contribution in [0.5, 0.6) is 0 Å². The summed E-state index contributed by atoms with van der Waals surface area (Å²) in [4.78, 5) is 8.19. The lowest BCUT2D eigenvalue weighted by molar-refractivity contribution is 0.905. The predicted molar refractivity (Wildman–Crippen MR) is 50.5 cm³/mol. The van der Waals surface area contributed by atoms with Crippen LogP contribution in [0.1, 0.15) is 11.3 Å². The molecule has 0 atom stereocenters. The number of rotatable bonds is 3. The molecule has 0 aliphatic carbocycles. The quantitative estimate of drug-likeness (QED) is 0.737. The van der Waals surface area contributed by atoms with Crippen molar-refractivity contribution >= 4 is 5.95 Å². The minimum atomic E-state index is 0.569. The number of nitrogens with zero attached hydrogens (tertiary/aromatic N) is 4. The Hall–Kier alpha value is -1.98. The Bertz CT molecular complexity index is 379. The third-order valence-corrected chi connectivity index (χ3v) is 1.67. The molecule has 2 heterocycles. The normalized spacial score (nSPS) is 10.1. The van der Waals surface area contributed by atoms with Crippen LogP contribution in [0.15, 0.2) is 18.6 Å². The maximum absolute atomic E-state index is 4.10. The van der Waals surface area contributed by atoms with Gasteiger partial charge in [0.15, 0.2) is 0 Å². The van der Waals surface area contributed by atoms with Gasteiger partial charge in [-0.05, 0) is 12.5 Å². The number of hydrogen-bond acceptors (Lipinski definition) is 5. The van der Waals surface area contributed by atoms with Crippen molar-refractivity contribution in [3.05, 3.63) is 29.8 Å². The summed E-state index contributed by atoms with van der Waals surface area (Å²) in [6, 6.07) is 0. The van der Waals surface area contributed by atoms with Gasteiger partial charge in [0, 0.05) is 12.4 Å². The standard InChI is InChI=1S/C8H10N6/c1-6-2-9-8(10-3-6)11-4-7-5-12-14-13-7/h2-3,5H,4H2,1H3,(H,9,10,11)(H,12,13,14). The highest BCUT2D eigenvalue weighted by atomic mass is 15.3.